The highest BCUT2D eigenvalue weighted by atomic mass is 16.2. The molecule has 0 aromatic heterocycles. The maximum Gasteiger partial charge on any atom is 0.321 e. The number of rotatable bonds is 5. The predicted octanol–water partition coefficient (Wildman–Crippen LogP) is 1.11. The van der Waals surface area contributed by atoms with E-state index in [-0.39, 0.29) is 30.9 Å². The average Bonchev–Trinajstić information content (AvgIpc) is 3.16. The Labute approximate surface area is 163 Å². The highest BCUT2D eigenvalue weighted by Crippen LogP contribution is 2.16. The van der Waals surface area contributed by atoms with Crippen molar-refractivity contribution in [1.82, 2.24) is 16.0 Å². The molecule has 4 amide bonds. The molecule has 0 bridgehead atoms. The summed E-state index contributed by atoms with van der Waals surface area (Å²) in [6.45, 7) is 1.36. The maximum atomic E-state index is 11.9. The van der Waals surface area contributed by atoms with Crippen LogP contribution in [0.5, 0.6) is 0 Å². The quantitative estimate of drug-likeness (QED) is 0.683. The van der Waals surface area contributed by atoms with Gasteiger partial charge >= 0.3 is 6.03 Å². The number of anilines is 1. The first-order valence-corrected chi connectivity index (χ1v) is 8.88. The van der Waals surface area contributed by atoms with Crippen LogP contribution >= 0.6 is 0 Å². The smallest absolute Gasteiger partial charge is 0.321 e. The summed E-state index contributed by atoms with van der Waals surface area (Å²) in [4.78, 5) is 36.9. The van der Waals surface area contributed by atoms with Crippen LogP contribution < -0.4 is 20.9 Å². The second-order valence-corrected chi connectivity index (χ2v) is 6.06. The fourth-order valence-corrected chi connectivity index (χ4v) is 2.65. The molecule has 0 unspecified atom stereocenters. The Hall–Kier alpha value is -3.79. The summed E-state index contributed by atoms with van der Waals surface area (Å²) in [5, 5.41) is 7.94. The van der Waals surface area contributed by atoms with E-state index in [9.17, 15) is 14.4 Å². The van der Waals surface area contributed by atoms with E-state index in [2.05, 4.69) is 27.8 Å². The molecule has 7 nitrogen and oxygen atoms in total. The van der Waals surface area contributed by atoms with Crippen LogP contribution in [0.1, 0.15) is 15.9 Å². The van der Waals surface area contributed by atoms with Crippen molar-refractivity contribution in [2.24, 2.45) is 0 Å². The molecule has 142 valence electrons. The van der Waals surface area contributed by atoms with Crippen molar-refractivity contribution in [2.75, 3.05) is 31.1 Å². The van der Waals surface area contributed by atoms with Gasteiger partial charge in [0.15, 0.2) is 0 Å². The number of hydrogen-bond donors (Lipinski definition) is 3. The molecule has 0 aliphatic carbocycles. The van der Waals surface area contributed by atoms with Crippen molar-refractivity contribution >= 4 is 23.5 Å². The summed E-state index contributed by atoms with van der Waals surface area (Å²) in [6, 6.07) is 15.9. The van der Waals surface area contributed by atoms with E-state index in [4.69, 9.17) is 0 Å². The Bertz CT molecular complexity index is 914. The number of amides is 4. The number of carbonyl (C=O) groups excluding carboxylic acids is 3. The summed E-state index contributed by atoms with van der Waals surface area (Å²) < 4.78 is 0. The van der Waals surface area contributed by atoms with Gasteiger partial charge in [-0.15, -0.1) is 0 Å². The standard InChI is InChI=1S/C21H20N4O3/c26-19(15-24-20(27)17-6-2-1-3-7-17)22-12-4-5-16-8-10-18(11-9-16)25-14-13-23-21(25)28/h1-3,6-11H,12-15H2,(H,22,26)(H,23,28)(H,24,27). The molecule has 1 aliphatic heterocycles. The van der Waals surface area contributed by atoms with Crippen LogP contribution in [0.4, 0.5) is 10.5 Å². The van der Waals surface area contributed by atoms with Crippen molar-refractivity contribution in [3.63, 3.8) is 0 Å². The third-order valence-corrected chi connectivity index (χ3v) is 4.09. The largest absolute Gasteiger partial charge is 0.344 e. The number of nitrogens with one attached hydrogen (secondary N) is 3. The molecule has 7 heteroatoms. The number of nitrogens with zero attached hydrogens (tertiary/aromatic N) is 1. The Morgan fingerprint density at radius 3 is 2.46 bits per heavy atom. The van der Waals surface area contributed by atoms with Crippen molar-refractivity contribution < 1.29 is 14.4 Å². The summed E-state index contributed by atoms with van der Waals surface area (Å²) in [6.07, 6.45) is 0. The van der Waals surface area contributed by atoms with Gasteiger partial charge in [-0.1, -0.05) is 30.0 Å². The van der Waals surface area contributed by atoms with Crippen molar-refractivity contribution in [1.29, 1.82) is 0 Å². The minimum absolute atomic E-state index is 0.0964. The topological polar surface area (TPSA) is 90.5 Å². The van der Waals surface area contributed by atoms with Crippen LogP contribution in [0.15, 0.2) is 54.6 Å². The summed E-state index contributed by atoms with van der Waals surface area (Å²) in [7, 11) is 0. The Balaban J connectivity index is 1.41. The van der Waals surface area contributed by atoms with Gasteiger partial charge in [0.1, 0.15) is 0 Å². The maximum absolute atomic E-state index is 11.9. The van der Waals surface area contributed by atoms with E-state index in [0.717, 1.165) is 11.3 Å². The Morgan fingerprint density at radius 1 is 1.04 bits per heavy atom. The highest BCUT2D eigenvalue weighted by molar-refractivity contribution is 5.96. The van der Waals surface area contributed by atoms with Crippen molar-refractivity contribution in [2.45, 2.75) is 0 Å². The number of benzene rings is 2. The van der Waals surface area contributed by atoms with Gasteiger partial charge in [0.25, 0.3) is 5.91 Å². The average molecular weight is 376 g/mol. The van der Waals surface area contributed by atoms with E-state index < -0.39 is 0 Å². The van der Waals surface area contributed by atoms with E-state index in [1.807, 2.05) is 30.3 Å². The normalized spacial score (nSPS) is 12.6. The first-order valence-electron chi connectivity index (χ1n) is 8.88. The highest BCUT2D eigenvalue weighted by Gasteiger charge is 2.20. The first-order chi connectivity index (χ1) is 13.6. The van der Waals surface area contributed by atoms with E-state index in [1.54, 1.807) is 29.2 Å². The van der Waals surface area contributed by atoms with Gasteiger partial charge in [-0.2, -0.15) is 0 Å². The van der Waals surface area contributed by atoms with Crippen LogP contribution in [0.3, 0.4) is 0 Å². The molecule has 1 fully saturated rings. The molecule has 0 saturated carbocycles. The minimum Gasteiger partial charge on any atom is -0.344 e. The van der Waals surface area contributed by atoms with Crippen molar-refractivity contribution in [3.8, 4) is 11.8 Å². The van der Waals surface area contributed by atoms with Gasteiger partial charge in [-0.3, -0.25) is 14.5 Å². The molecule has 1 heterocycles. The van der Waals surface area contributed by atoms with Crippen LogP contribution in [0.2, 0.25) is 0 Å². The molecule has 0 spiro atoms. The lowest BCUT2D eigenvalue weighted by Crippen LogP contribution is -2.37. The molecule has 1 aliphatic rings. The zero-order chi connectivity index (χ0) is 19.8. The first kappa shape index (κ1) is 19.0. The predicted molar refractivity (Wildman–Crippen MR) is 106 cm³/mol. The monoisotopic (exact) mass is 376 g/mol. The fraction of sp³-hybridized carbons (Fsp3) is 0.190. The van der Waals surface area contributed by atoms with Crippen LogP contribution in [-0.2, 0) is 4.79 Å². The van der Waals surface area contributed by atoms with Gasteiger partial charge in [0.05, 0.1) is 13.1 Å². The molecule has 3 N–H and O–H groups in total. The summed E-state index contributed by atoms with van der Waals surface area (Å²) in [5.41, 5.74) is 2.11. The van der Waals surface area contributed by atoms with Gasteiger partial charge in [0, 0.05) is 29.9 Å². The fourth-order valence-electron chi connectivity index (χ4n) is 2.65. The van der Waals surface area contributed by atoms with Gasteiger partial charge in [0.2, 0.25) is 5.91 Å². The molecule has 28 heavy (non-hydrogen) atoms. The second kappa shape index (κ2) is 9.24. The van der Waals surface area contributed by atoms with Gasteiger partial charge in [-0.05, 0) is 36.4 Å². The molecule has 2 aromatic rings. The lowest BCUT2D eigenvalue weighted by molar-refractivity contribution is -0.119. The third kappa shape index (κ3) is 5.11. The Kier molecular flexibility index (Phi) is 6.26. The molecule has 1 saturated heterocycles. The molecular weight excluding hydrogens is 356 g/mol. The van der Waals surface area contributed by atoms with Gasteiger partial charge < -0.3 is 16.0 Å². The van der Waals surface area contributed by atoms with E-state index >= 15 is 0 Å². The van der Waals surface area contributed by atoms with Gasteiger partial charge in [-0.25, -0.2) is 4.79 Å². The lowest BCUT2D eigenvalue weighted by Gasteiger charge is -2.13. The van der Waals surface area contributed by atoms with Crippen LogP contribution in [0.25, 0.3) is 0 Å². The Morgan fingerprint density at radius 2 is 1.79 bits per heavy atom. The lowest BCUT2D eigenvalue weighted by atomic mass is 10.2. The SMILES string of the molecule is O=C(CNC(=O)c1ccccc1)NCC#Cc1ccc(N2CCNC2=O)cc1. The second-order valence-electron chi connectivity index (χ2n) is 6.06. The van der Waals surface area contributed by atoms with Crippen LogP contribution in [-0.4, -0.2) is 44.0 Å². The zero-order valence-electron chi connectivity index (χ0n) is 15.2. The molecule has 2 aromatic carbocycles. The number of urea groups is 1. The van der Waals surface area contributed by atoms with Crippen molar-refractivity contribution in [3.05, 3.63) is 65.7 Å². The minimum atomic E-state index is -0.311. The third-order valence-electron chi connectivity index (χ3n) is 4.09. The summed E-state index contributed by atoms with van der Waals surface area (Å²) >= 11 is 0. The zero-order valence-corrected chi connectivity index (χ0v) is 15.2. The molecule has 0 radical (unpaired) electrons. The molecular formula is C21H20N4O3. The van der Waals surface area contributed by atoms with E-state index in [0.29, 0.717) is 18.7 Å². The van der Waals surface area contributed by atoms with Crippen LogP contribution in [0, 0.1) is 11.8 Å². The summed E-state index contributed by atoms with van der Waals surface area (Å²) in [5.74, 6) is 5.20. The molecule has 3 rings (SSSR count). The number of carbonyl (C=O) groups is 3. The molecule has 0 atom stereocenters. The van der Waals surface area contributed by atoms with E-state index in [1.165, 1.54) is 0 Å². The number of hydrogen-bond acceptors (Lipinski definition) is 3.